The number of hydrogen-bond donors (Lipinski definition) is 0. The molecule has 5 nitrogen and oxygen atoms in total. The van der Waals surface area contributed by atoms with Crippen LogP contribution in [0.1, 0.15) is 6.92 Å². The zero-order chi connectivity index (χ0) is 14.0. The lowest BCUT2D eigenvalue weighted by atomic mass is 10.4. The van der Waals surface area contributed by atoms with E-state index in [-0.39, 0.29) is 0 Å². The Morgan fingerprint density at radius 3 is 1.94 bits per heavy atom. The lowest BCUT2D eigenvalue weighted by Gasteiger charge is -2.25. The third-order valence-electron chi connectivity index (χ3n) is 1.61. The van der Waals surface area contributed by atoms with Crippen LogP contribution in [0, 0.1) is 0 Å². The van der Waals surface area contributed by atoms with Crippen molar-refractivity contribution in [1.29, 1.82) is 0 Å². The molecule has 0 bridgehead atoms. The molecular weight excluding hydrogens is 285 g/mol. The van der Waals surface area contributed by atoms with Crippen molar-refractivity contribution in [2.75, 3.05) is 12.5 Å². The van der Waals surface area contributed by atoms with Crippen LogP contribution in [0.15, 0.2) is 0 Å². The molecule has 0 fully saturated rings. The lowest BCUT2D eigenvalue weighted by molar-refractivity contribution is -0.215. The van der Waals surface area contributed by atoms with Gasteiger partial charge in [0.25, 0.3) is 0 Å². The highest BCUT2D eigenvalue weighted by Crippen LogP contribution is 2.29. The van der Waals surface area contributed by atoms with Gasteiger partial charge in [0, 0.05) is 30.2 Å². The molecule has 0 heterocycles. The van der Waals surface area contributed by atoms with E-state index in [0.717, 1.165) is 6.26 Å². The van der Waals surface area contributed by atoms with E-state index in [2.05, 4.69) is 4.74 Å². The van der Waals surface area contributed by atoms with Gasteiger partial charge in [0.15, 0.2) is 14.4 Å². The molecule has 0 radical (unpaired) electrons. The molecule has 17 heavy (non-hydrogen) atoms. The number of ether oxygens (including phenoxy) is 1. The van der Waals surface area contributed by atoms with Crippen molar-refractivity contribution >= 4 is 26.6 Å². The molecule has 10 heteroatoms. The standard InChI is InChI=1S/C7H11F3O5S2/c1-4(11)15-5(7(8,9)10)6(16(2)12)17(3,13)14/h5-6H,1-3H3. The molecule has 3 atom stereocenters. The van der Waals surface area contributed by atoms with Crippen LogP contribution in [0.3, 0.4) is 0 Å². The summed E-state index contributed by atoms with van der Waals surface area (Å²) in [5, 5.41) is 0. The minimum atomic E-state index is -5.11. The molecule has 0 spiro atoms. The maximum absolute atomic E-state index is 12.5. The van der Waals surface area contributed by atoms with Crippen molar-refractivity contribution in [3.63, 3.8) is 0 Å². The molecule has 0 aromatic rings. The maximum Gasteiger partial charge on any atom is 0.427 e. The summed E-state index contributed by atoms with van der Waals surface area (Å²) in [6, 6.07) is 0. The normalized spacial score (nSPS) is 18.2. The van der Waals surface area contributed by atoms with Crippen LogP contribution in [0.5, 0.6) is 0 Å². The van der Waals surface area contributed by atoms with Crippen LogP contribution < -0.4 is 0 Å². The number of carbonyl (C=O) groups is 1. The van der Waals surface area contributed by atoms with Crippen molar-refractivity contribution < 1.29 is 35.3 Å². The first-order chi connectivity index (χ1) is 7.37. The summed E-state index contributed by atoms with van der Waals surface area (Å²) in [4.78, 5) is 10.5. The Morgan fingerprint density at radius 1 is 1.35 bits per heavy atom. The molecular formula is C7H11F3O5S2. The van der Waals surface area contributed by atoms with Gasteiger partial charge in [0.2, 0.25) is 6.10 Å². The van der Waals surface area contributed by atoms with Crippen molar-refractivity contribution in [3.8, 4) is 0 Å². The van der Waals surface area contributed by atoms with Gasteiger partial charge in [-0.1, -0.05) is 0 Å². The van der Waals surface area contributed by atoms with E-state index in [1.54, 1.807) is 0 Å². The Balaban J connectivity index is 5.55. The molecule has 0 saturated heterocycles. The molecule has 0 rings (SSSR count). The van der Waals surface area contributed by atoms with Gasteiger partial charge in [0.05, 0.1) is 0 Å². The van der Waals surface area contributed by atoms with Gasteiger partial charge in [-0.3, -0.25) is 9.00 Å². The molecule has 0 aromatic carbocycles. The van der Waals surface area contributed by atoms with Crippen molar-refractivity contribution in [2.45, 2.75) is 23.8 Å². The van der Waals surface area contributed by atoms with E-state index in [9.17, 15) is 30.6 Å². The summed E-state index contributed by atoms with van der Waals surface area (Å²) in [6.07, 6.45) is -6.73. The van der Waals surface area contributed by atoms with E-state index in [1.807, 2.05) is 0 Å². The lowest BCUT2D eigenvalue weighted by Crippen LogP contribution is -2.48. The number of hydrogen-bond acceptors (Lipinski definition) is 5. The van der Waals surface area contributed by atoms with Crippen LogP contribution in [-0.4, -0.2) is 48.0 Å². The minimum absolute atomic E-state index is 0.501. The summed E-state index contributed by atoms with van der Waals surface area (Å²) >= 11 is 0. The van der Waals surface area contributed by atoms with Crippen LogP contribution in [0.2, 0.25) is 0 Å². The summed E-state index contributed by atoms with van der Waals surface area (Å²) in [5.74, 6) is -1.30. The Kier molecular flexibility index (Phi) is 5.14. The molecule has 0 aromatic heterocycles. The molecule has 0 saturated carbocycles. The second kappa shape index (κ2) is 5.34. The Labute approximate surface area is 98.7 Å². The van der Waals surface area contributed by atoms with Gasteiger partial charge in [-0.05, 0) is 0 Å². The van der Waals surface area contributed by atoms with Gasteiger partial charge in [-0.2, -0.15) is 13.2 Å². The first-order valence-corrected chi connectivity index (χ1v) is 7.70. The highest BCUT2D eigenvalue weighted by molar-refractivity contribution is 8.05. The van der Waals surface area contributed by atoms with Crippen LogP contribution in [0.25, 0.3) is 0 Å². The third kappa shape index (κ3) is 5.02. The Hall–Kier alpha value is -0.640. The summed E-state index contributed by atoms with van der Waals surface area (Å²) in [6.45, 7) is 0.705. The molecule has 0 aliphatic rings. The monoisotopic (exact) mass is 296 g/mol. The van der Waals surface area contributed by atoms with Crippen molar-refractivity contribution in [1.82, 2.24) is 0 Å². The fourth-order valence-electron chi connectivity index (χ4n) is 1.10. The van der Waals surface area contributed by atoms with E-state index in [4.69, 9.17) is 0 Å². The molecule has 0 amide bonds. The van der Waals surface area contributed by atoms with Crippen LogP contribution in [-0.2, 0) is 30.2 Å². The summed E-state index contributed by atoms with van der Waals surface area (Å²) in [5.41, 5.74) is 0. The first-order valence-electron chi connectivity index (χ1n) is 4.12. The second-order valence-corrected chi connectivity index (χ2v) is 7.24. The van der Waals surface area contributed by atoms with E-state index in [0.29, 0.717) is 13.2 Å². The van der Waals surface area contributed by atoms with Crippen LogP contribution in [0.4, 0.5) is 13.2 Å². The number of alkyl halides is 3. The summed E-state index contributed by atoms with van der Waals surface area (Å²) < 4.78 is 72.7. The average Bonchev–Trinajstić information content (AvgIpc) is 1.96. The summed E-state index contributed by atoms with van der Waals surface area (Å²) in [7, 11) is -6.64. The largest absolute Gasteiger partial charge is 0.450 e. The SMILES string of the molecule is CC(=O)OC(C(S(C)=O)S(C)(=O)=O)C(F)(F)F. The van der Waals surface area contributed by atoms with Crippen molar-refractivity contribution in [2.24, 2.45) is 0 Å². The van der Waals surface area contributed by atoms with Gasteiger partial charge in [-0.15, -0.1) is 0 Å². The van der Waals surface area contributed by atoms with E-state index in [1.165, 1.54) is 0 Å². The Bertz CT molecular complexity index is 414. The van der Waals surface area contributed by atoms with Crippen molar-refractivity contribution in [3.05, 3.63) is 0 Å². The maximum atomic E-state index is 12.5. The molecule has 0 aliphatic heterocycles. The highest BCUT2D eigenvalue weighted by Gasteiger charge is 2.53. The predicted octanol–water partition coefficient (Wildman–Crippen LogP) is 0.230. The zero-order valence-corrected chi connectivity index (χ0v) is 10.8. The molecule has 0 aliphatic carbocycles. The first kappa shape index (κ1) is 16.4. The fraction of sp³-hybridized carbons (Fsp3) is 0.857. The number of rotatable bonds is 4. The fourth-order valence-corrected chi connectivity index (χ4v) is 4.29. The van der Waals surface area contributed by atoms with Gasteiger partial charge < -0.3 is 4.74 Å². The number of halogens is 3. The van der Waals surface area contributed by atoms with Crippen LogP contribution >= 0.6 is 0 Å². The highest BCUT2D eigenvalue weighted by atomic mass is 32.3. The number of esters is 1. The smallest absolute Gasteiger partial charge is 0.427 e. The number of sulfone groups is 1. The van der Waals surface area contributed by atoms with E-state index < -0.39 is 43.5 Å². The van der Waals surface area contributed by atoms with Gasteiger partial charge >= 0.3 is 12.1 Å². The topological polar surface area (TPSA) is 77.5 Å². The minimum Gasteiger partial charge on any atom is -0.450 e. The van der Waals surface area contributed by atoms with Gasteiger partial charge in [-0.25, -0.2) is 8.42 Å². The average molecular weight is 296 g/mol. The second-order valence-electron chi connectivity index (χ2n) is 3.27. The third-order valence-corrected chi connectivity index (χ3v) is 5.47. The molecule has 3 unspecified atom stereocenters. The molecule has 0 N–H and O–H groups in total. The number of carbonyl (C=O) groups excluding carboxylic acids is 1. The predicted molar refractivity (Wildman–Crippen MR) is 54.3 cm³/mol. The quantitative estimate of drug-likeness (QED) is 0.694. The van der Waals surface area contributed by atoms with E-state index >= 15 is 0 Å². The Morgan fingerprint density at radius 2 is 1.76 bits per heavy atom. The van der Waals surface area contributed by atoms with Gasteiger partial charge in [0.1, 0.15) is 0 Å². The molecule has 102 valence electrons. The zero-order valence-electron chi connectivity index (χ0n) is 9.15.